The SMILES string of the molecule is CCn1c(CSC(C)c2ccc(F)cc2)nc2cc(S(=O)(=O)N3CCOCC3)ccc21. The smallest absolute Gasteiger partial charge is 0.243 e. The summed E-state index contributed by atoms with van der Waals surface area (Å²) in [6, 6.07) is 11.7. The van der Waals surface area contributed by atoms with E-state index in [1.165, 1.54) is 16.4 Å². The molecule has 6 nitrogen and oxygen atoms in total. The summed E-state index contributed by atoms with van der Waals surface area (Å²) in [7, 11) is -3.56. The van der Waals surface area contributed by atoms with E-state index in [0.717, 1.165) is 23.4 Å². The Morgan fingerprint density at radius 1 is 1.16 bits per heavy atom. The third kappa shape index (κ3) is 4.64. The molecule has 0 aliphatic carbocycles. The van der Waals surface area contributed by atoms with E-state index in [1.54, 1.807) is 36.0 Å². The van der Waals surface area contributed by atoms with E-state index < -0.39 is 10.0 Å². The van der Waals surface area contributed by atoms with Gasteiger partial charge in [0.2, 0.25) is 10.0 Å². The first-order valence-corrected chi connectivity index (χ1v) is 12.8. The van der Waals surface area contributed by atoms with Gasteiger partial charge < -0.3 is 9.30 Å². The molecule has 166 valence electrons. The van der Waals surface area contributed by atoms with Crippen molar-refractivity contribution in [2.75, 3.05) is 26.3 Å². The molecule has 1 fully saturated rings. The molecule has 0 radical (unpaired) electrons. The van der Waals surface area contributed by atoms with Gasteiger partial charge in [-0.05, 0) is 49.7 Å². The van der Waals surface area contributed by atoms with Gasteiger partial charge in [0.1, 0.15) is 11.6 Å². The molecule has 1 saturated heterocycles. The second kappa shape index (κ2) is 9.28. The van der Waals surface area contributed by atoms with Crippen LogP contribution in [0.15, 0.2) is 47.4 Å². The summed E-state index contributed by atoms with van der Waals surface area (Å²) in [4.78, 5) is 5.02. The molecule has 0 spiro atoms. The maximum Gasteiger partial charge on any atom is 0.243 e. The van der Waals surface area contributed by atoms with E-state index in [1.807, 2.05) is 6.07 Å². The van der Waals surface area contributed by atoms with Gasteiger partial charge in [0.05, 0.1) is 34.9 Å². The van der Waals surface area contributed by atoms with E-state index in [2.05, 4.69) is 18.4 Å². The van der Waals surface area contributed by atoms with Gasteiger partial charge in [0, 0.05) is 24.9 Å². The molecule has 0 N–H and O–H groups in total. The second-order valence-corrected chi connectivity index (χ2v) is 10.7. The Balaban J connectivity index is 1.57. The lowest BCUT2D eigenvalue weighted by Crippen LogP contribution is -2.40. The predicted molar refractivity (Wildman–Crippen MR) is 121 cm³/mol. The zero-order chi connectivity index (χ0) is 22.0. The monoisotopic (exact) mass is 463 g/mol. The number of nitrogens with zero attached hydrogens (tertiary/aromatic N) is 3. The summed E-state index contributed by atoms with van der Waals surface area (Å²) in [5.74, 6) is 1.33. The highest BCUT2D eigenvalue weighted by atomic mass is 32.2. The van der Waals surface area contributed by atoms with Crippen LogP contribution in [0.2, 0.25) is 0 Å². The number of morpholine rings is 1. The molecule has 9 heteroatoms. The molecular weight excluding hydrogens is 437 g/mol. The van der Waals surface area contributed by atoms with Crippen LogP contribution in [0, 0.1) is 5.82 Å². The van der Waals surface area contributed by atoms with Crippen LogP contribution >= 0.6 is 11.8 Å². The van der Waals surface area contributed by atoms with Gasteiger partial charge in [-0.2, -0.15) is 4.31 Å². The number of aryl methyl sites for hydroxylation is 1. The van der Waals surface area contributed by atoms with Crippen LogP contribution in [-0.4, -0.2) is 48.6 Å². The van der Waals surface area contributed by atoms with Crippen molar-refractivity contribution in [2.24, 2.45) is 0 Å². The molecule has 1 unspecified atom stereocenters. The first-order valence-electron chi connectivity index (χ1n) is 10.3. The number of sulfonamides is 1. The van der Waals surface area contributed by atoms with Crippen LogP contribution in [0.5, 0.6) is 0 Å². The van der Waals surface area contributed by atoms with Crippen LogP contribution in [0.4, 0.5) is 4.39 Å². The number of halogens is 1. The lowest BCUT2D eigenvalue weighted by atomic mass is 10.2. The first-order chi connectivity index (χ1) is 14.9. The fourth-order valence-corrected chi connectivity index (χ4v) is 6.15. The molecule has 31 heavy (non-hydrogen) atoms. The summed E-state index contributed by atoms with van der Waals surface area (Å²) in [5.41, 5.74) is 2.67. The highest BCUT2D eigenvalue weighted by Crippen LogP contribution is 2.32. The Bertz CT molecular complexity index is 1160. The van der Waals surface area contributed by atoms with Crippen LogP contribution in [0.3, 0.4) is 0 Å². The van der Waals surface area contributed by atoms with E-state index >= 15 is 0 Å². The number of hydrogen-bond acceptors (Lipinski definition) is 5. The average Bonchev–Trinajstić information content (AvgIpc) is 3.15. The minimum absolute atomic E-state index is 0.183. The van der Waals surface area contributed by atoms with E-state index in [-0.39, 0.29) is 16.0 Å². The topological polar surface area (TPSA) is 64.4 Å². The van der Waals surface area contributed by atoms with Gasteiger partial charge in [-0.15, -0.1) is 11.8 Å². The van der Waals surface area contributed by atoms with E-state index in [0.29, 0.717) is 37.6 Å². The van der Waals surface area contributed by atoms with Crippen molar-refractivity contribution in [1.29, 1.82) is 0 Å². The second-order valence-electron chi connectivity index (χ2n) is 7.44. The minimum atomic E-state index is -3.56. The normalized spacial score (nSPS) is 16.6. The molecule has 2 aromatic carbocycles. The number of benzene rings is 2. The Hall–Kier alpha value is -1.94. The van der Waals surface area contributed by atoms with Crippen molar-refractivity contribution in [3.8, 4) is 0 Å². The zero-order valence-electron chi connectivity index (χ0n) is 17.6. The van der Waals surface area contributed by atoms with Crippen molar-refractivity contribution in [1.82, 2.24) is 13.9 Å². The van der Waals surface area contributed by atoms with Crippen molar-refractivity contribution >= 4 is 32.8 Å². The van der Waals surface area contributed by atoms with Gasteiger partial charge in [0.25, 0.3) is 0 Å². The lowest BCUT2D eigenvalue weighted by molar-refractivity contribution is 0.0730. The van der Waals surface area contributed by atoms with Crippen molar-refractivity contribution < 1.29 is 17.5 Å². The molecule has 1 aliphatic rings. The van der Waals surface area contributed by atoms with E-state index in [9.17, 15) is 12.8 Å². The molecule has 2 heterocycles. The maximum absolute atomic E-state index is 13.2. The van der Waals surface area contributed by atoms with Crippen LogP contribution in [0.1, 0.15) is 30.5 Å². The highest BCUT2D eigenvalue weighted by Gasteiger charge is 2.27. The van der Waals surface area contributed by atoms with Gasteiger partial charge in [-0.3, -0.25) is 0 Å². The van der Waals surface area contributed by atoms with Crippen LogP contribution < -0.4 is 0 Å². The van der Waals surface area contributed by atoms with Gasteiger partial charge in [-0.1, -0.05) is 12.1 Å². The average molecular weight is 464 g/mol. The summed E-state index contributed by atoms with van der Waals surface area (Å²) < 4.78 is 48.0. The summed E-state index contributed by atoms with van der Waals surface area (Å²) in [6.07, 6.45) is 0. The number of fused-ring (bicyclic) bond motifs is 1. The van der Waals surface area contributed by atoms with Gasteiger partial charge in [-0.25, -0.2) is 17.8 Å². The maximum atomic E-state index is 13.2. The fraction of sp³-hybridized carbons (Fsp3) is 0.409. The minimum Gasteiger partial charge on any atom is -0.379 e. The Kier molecular flexibility index (Phi) is 6.66. The number of aromatic nitrogens is 2. The van der Waals surface area contributed by atoms with E-state index in [4.69, 9.17) is 9.72 Å². The van der Waals surface area contributed by atoms with Crippen molar-refractivity contribution in [3.05, 3.63) is 59.7 Å². The number of hydrogen-bond donors (Lipinski definition) is 0. The predicted octanol–water partition coefficient (Wildman–Crippen LogP) is 4.21. The molecule has 1 aliphatic heterocycles. The zero-order valence-corrected chi connectivity index (χ0v) is 19.3. The lowest BCUT2D eigenvalue weighted by Gasteiger charge is -2.26. The number of thioether (sulfide) groups is 1. The fourth-order valence-electron chi connectivity index (χ4n) is 3.75. The summed E-state index contributed by atoms with van der Waals surface area (Å²) >= 11 is 1.72. The van der Waals surface area contributed by atoms with Gasteiger partial charge >= 0.3 is 0 Å². The molecule has 0 amide bonds. The first kappa shape index (κ1) is 22.3. The largest absolute Gasteiger partial charge is 0.379 e. The number of ether oxygens (including phenoxy) is 1. The molecule has 1 atom stereocenters. The number of imidazole rings is 1. The van der Waals surface area contributed by atoms with Gasteiger partial charge in [0.15, 0.2) is 0 Å². The Morgan fingerprint density at radius 2 is 1.87 bits per heavy atom. The quantitative estimate of drug-likeness (QED) is 0.525. The Labute approximate surface area is 186 Å². The van der Waals surface area contributed by atoms with Crippen LogP contribution in [-0.2, 0) is 27.1 Å². The summed E-state index contributed by atoms with van der Waals surface area (Å²) in [6.45, 7) is 6.45. The summed E-state index contributed by atoms with van der Waals surface area (Å²) in [5, 5.41) is 0.183. The Morgan fingerprint density at radius 3 is 2.55 bits per heavy atom. The third-order valence-corrected chi connectivity index (χ3v) is 8.62. The number of rotatable bonds is 7. The van der Waals surface area contributed by atoms with Crippen molar-refractivity contribution in [3.63, 3.8) is 0 Å². The van der Waals surface area contributed by atoms with Crippen molar-refractivity contribution in [2.45, 2.75) is 36.3 Å². The molecule has 0 bridgehead atoms. The molecular formula is C22H26FN3O3S2. The third-order valence-electron chi connectivity index (χ3n) is 5.52. The van der Waals surface area contributed by atoms with Crippen LogP contribution in [0.25, 0.3) is 11.0 Å². The molecule has 4 rings (SSSR count). The molecule has 0 saturated carbocycles. The highest BCUT2D eigenvalue weighted by molar-refractivity contribution is 7.98. The molecule has 1 aromatic heterocycles. The molecule has 3 aromatic rings. The standard InChI is InChI=1S/C22H26FN3O3S2/c1-3-26-21-9-8-19(31(27,28)25-10-12-29-13-11-25)14-20(21)24-22(26)15-30-16(2)17-4-6-18(23)7-5-17/h4-9,14,16H,3,10-13,15H2,1-2H3.